The number of carbonyl (C=O) groups excluding carboxylic acids is 1. The van der Waals surface area contributed by atoms with Crippen LogP contribution in [0.5, 0.6) is 0 Å². The van der Waals surface area contributed by atoms with Gasteiger partial charge < -0.3 is 15.5 Å². The number of piperidine rings is 1. The number of benzene rings is 4. The lowest BCUT2D eigenvalue weighted by Gasteiger charge is -2.38. The Morgan fingerprint density at radius 3 is 2.26 bits per heavy atom. The molecule has 1 fully saturated rings. The number of anilines is 1. The third-order valence-electron chi connectivity index (χ3n) is 7.96. The van der Waals surface area contributed by atoms with E-state index in [2.05, 4.69) is 46.7 Å². The van der Waals surface area contributed by atoms with Crippen LogP contribution in [0.1, 0.15) is 48.0 Å². The van der Waals surface area contributed by atoms with Crippen molar-refractivity contribution in [1.82, 2.24) is 10.2 Å². The topological polar surface area (TPSA) is 44.4 Å². The summed E-state index contributed by atoms with van der Waals surface area (Å²) in [6.45, 7) is 4.70. The number of likely N-dealkylation sites (tertiary alicyclic amines) is 1. The maximum Gasteiger partial charge on any atom is 0.251 e. The number of hydrogen-bond donors (Lipinski definition) is 2. The summed E-state index contributed by atoms with van der Waals surface area (Å²) in [5, 5.41) is 8.83. The molecule has 5 rings (SSSR count). The predicted molar refractivity (Wildman–Crippen MR) is 179 cm³/mol. The van der Waals surface area contributed by atoms with Crippen molar-refractivity contribution in [3.05, 3.63) is 112 Å². The van der Waals surface area contributed by atoms with Gasteiger partial charge in [0.15, 0.2) is 0 Å². The number of hydrogen-bond acceptors (Lipinski definition) is 3. The third kappa shape index (κ3) is 8.30. The molecule has 42 heavy (non-hydrogen) atoms. The van der Waals surface area contributed by atoms with Crippen molar-refractivity contribution in [3.8, 4) is 0 Å². The fourth-order valence-electron chi connectivity index (χ4n) is 5.69. The number of nitrogens with one attached hydrogen (secondary N) is 2. The molecule has 2 atom stereocenters. The highest BCUT2D eigenvalue weighted by atomic mass is 35.5. The summed E-state index contributed by atoms with van der Waals surface area (Å²) in [5.74, 6) is -0.528. The molecule has 0 radical (unpaired) electrons. The molecular weight excluding hydrogens is 615 g/mol. The van der Waals surface area contributed by atoms with Gasteiger partial charge >= 0.3 is 0 Å². The Balaban J connectivity index is 0.00000242. The lowest BCUT2D eigenvalue weighted by molar-refractivity contribution is 0.0948. The van der Waals surface area contributed by atoms with Crippen molar-refractivity contribution in [2.75, 3.05) is 25.0 Å². The summed E-state index contributed by atoms with van der Waals surface area (Å²) in [7, 11) is 0. The summed E-state index contributed by atoms with van der Waals surface area (Å²) in [6.07, 6.45) is 3.00. The van der Waals surface area contributed by atoms with Gasteiger partial charge in [0.2, 0.25) is 0 Å². The first-order valence-electron chi connectivity index (χ1n) is 13.8. The molecule has 0 spiro atoms. The molecule has 4 aromatic rings. The molecule has 0 bridgehead atoms. The van der Waals surface area contributed by atoms with Crippen LogP contribution in [0.2, 0.25) is 10.0 Å². The summed E-state index contributed by atoms with van der Waals surface area (Å²) in [5.41, 5.74) is 2.66. The molecule has 0 aliphatic carbocycles. The normalized spacial score (nSPS) is 15.2. The third-order valence-corrected chi connectivity index (χ3v) is 8.70. The van der Waals surface area contributed by atoms with Crippen LogP contribution in [-0.4, -0.2) is 42.5 Å². The van der Waals surface area contributed by atoms with Crippen molar-refractivity contribution in [3.63, 3.8) is 0 Å². The summed E-state index contributed by atoms with van der Waals surface area (Å²) >= 11 is 12.6. The van der Waals surface area contributed by atoms with Crippen LogP contribution in [0, 0.1) is 5.82 Å². The van der Waals surface area contributed by atoms with Crippen LogP contribution in [0.15, 0.2) is 84.9 Å². The second kappa shape index (κ2) is 15.8. The van der Waals surface area contributed by atoms with Gasteiger partial charge in [-0.3, -0.25) is 4.79 Å². The van der Waals surface area contributed by atoms with Crippen molar-refractivity contribution < 1.29 is 9.18 Å². The van der Waals surface area contributed by atoms with E-state index in [-0.39, 0.29) is 42.5 Å². The first-order chi connectivity index (χ1) is 19.4. The van der Waals surface area contributed by atoms with Gasteiger partial charge in [-0.25, -0.2) is 4.39 Å². The van der Waals surface area contributed by atoms with Crippen LogP contribution < -0.4 is 10.6 Å². The minimum absolute atomic E-state index is 0. The Morgan fingerprint density at radius 1 is 0.905 bits per heavy atom. The van der Waals surface area contributed by atoms with Crippen LogP contribution in [-0.2, 0) is 0 Å². The molecule has 1 heterocycles. The Morgan fingerprint density at radius 2 is 1.57 bits per heavy atom. The SMILES string of the molecule is CC(CC(CNC(=O)c1ccc(F)c2ccccc12)c1ccc(Cl)c(Cl)c1)N1CCC(Nc2ccccc2)CC1.Cl.Cl. The highest BCUT2D eigenvalue weighted by molar-refractivity contribution is 6.42. The van der Waals surface area contributed by atoms with E-state index in [1.165, 1.54) is 11.8 Å². The first kappa shape index (κ1) is 34.0. The van der Waals surface area contributed by atoms with Gasteiger partial charge in [0.05, 0.1) is 10.0 Å². The quantitative estimate of drug-likeness (QED) is 0.190. The highest BCUT2D eigenvalue weighted by Gasteiger charge is 2.26. The highest BCUT2D eigenvalue weighted by Crippen LogP contribution is 2.31. The molecule has 2 N–H and O–H groups in total. The molecule has 2 unspecified atom stereocenters. The minimum Gasteiger partial charge on any atom is -0.382 e. The molecule has 1 saturated heterocycles. The van der Waals surface area contributed by atoms with Gasteiger partial charge in [0, 0.05) is 54.3 Å². The lowest BCUT2D eigenvalue weighted by atomic mass is 9.90. The van der Waals surface area contributed by atoms with E-state index in [9.17, 15) is 9.18 Å². The predicted octanol–water partition coefficient (Wildman–Crippen LogP) is 9.00. The minimum atomic E-state index is -0.336. The van der Waals surface area contributed by atoms with Crippen LogP contribution in [0.3, 0.4) is 0 Å². The number of para-hydroxylation sites is 1. The summed E-state index contributed by atoms with van der Waals surface area (Å²) in [6, 6.07) is 26.8. The van der Waals surface area contributed by atoms with E-state index in [0.29, 0.717) is 45.0 Å². The number of amides is 1. The van der Waals surface area contributed by atoms with Crippen LogP contribution in [0.4, 0.5) is 10.1 Å². The number of nitrogens with zero attached hydrogens (tertiary/aromatic N) is 1. The average molecular weight is 651 g/mol. The van der Waals surface area contributed by atoms with Gasteiger partial charge in [-0.05, 0) is 73.5 Å². The van der Waals surface area contributed by atoms with E-state index < -0.39 is 0 Å². The molecule has 224 valence electrons. The van der Waals surface area contributed by atoms with Gasteiger partial charge in [-0.1, -0.05) is 71.7 Å². The Kier molecular flexibility index (Phi) is 12.8. The molecule has 0 saturated carbocycles. The smallest absolute Gasteiger partial charge is 0.251 e. The van der Waals surface area contributed by atoms with Gasteiger partial charge in [0.25, 0.3) is 5.91 Å². The van der Waals surface area contributed by atoms with Crippen molar-refractivity contribution in [2.24, 2.45) is 0 Å². The maximum absolute atomic E-state index is 14.3. The van der Waals surface area contributed by atoms with E-state index in [4.69, 9.17) is 23.2 Å². The molecule has 9 heteroatoms. The van der Waals surface area contributed by atoms with Crippen molar-refractivity contribution in [2.45, 2.75) is 44.2 Å². The number of rotatable bonds is 9. The lowest BCUT2D eigenvalue weighted by Crippen LogP contribution is -2.44. The Bertz CT molecular complexity index is 1460. The van der Waals surface area contributed by atoms with E-state index >= 15 is 0 Å². The zero-order valence-corrected chi connectivity index (χ0v) is 26.5. The van der Waals surface area contributed by atoms with Crippen LogP contribution in [0.25, 0.3) is 10.8 Å². The molecule has 4 nitrogen and oxygen atoms in total. The maximum atomic E-state index is 14.3. The molecule has 1 amide bonds. The van der Waals surface area contributed by atoms with E-state index in [1.54, 1.807) is 24.3 Å². The Hall–Kier alpha value is -2.54. The van der Waals surface area contributed by atoms with Crippen LogP contribution >= 0.6 is 48.0 Å². The largest absolute Gasteiger partial charge is 0.382 e. The number of carbonyl (C=O) groups is 1. The summed E-state index contributed by atoms with van der Waals surface area (Å²) in [4.78, 5) is 15.8. The monoisotopic (exact) mass is 649 g/mol. The van der Waals surface area contributed by atoms with Crippen molar-refractivity contribution >= 4 is 70.4 Å². The summed E-state index contributed by atoms with van der Waals surface area (Å²) < 4.78 is 14.3. The van der Waals surface area contributed by atoms with Crippen molar-refractivity contribution in [1.29, 1.82) is 0 Å². The van der Waals surface area contributed by atoms with E-state index in [1.807, 2.05) is 30.3 Å². The van der Waals surface area contributed by atoms with Gasteiger partial charge in [0.1, 0.15) is 5.82 Å². The second-order valence-electron chi connectivity index (χ2n) is 10.6. The average Bonchev–Trinajstić information content (AvgIpc) is 2.98. The number of halogens is 5. The van der Waals surface area contributed by atoms with Gasteiger partial charge in [-0.2, -0.15) is 0 Å². The standard InChI is InChI=1S/C33H34Cl2FN3O.2ClH/c1-22(39-17-15-26(16-18-39)38-25-7-3-2-4-8-25)19-24(23-11-13-30(34)31(35)20-23)21-37-33(40)29-12-14-32(36)28-10-6-5-9-27(28)29;;/h2-14,20,22,24,26,38H,15-19,21H2,1H3,(H,37,40);2*1H. The Labute approximate surface area is 269 Å². The fourth-order valence-corrected chi connectivity index (χ4v) is 6.00. The first-order valence-corrected chi connectivity index (χ1v) is 14.6. The molecule has 1 aliphatic rings. The zero-order chi connectivity index (χ0) is 28.1. The zero-order valence-electron chi connectivity index (χ0n) is 23.4. The molecular formula is C33H36Cl4FN3O. The fraction of sp³-hybridized carbons (Fsp3) is 0.303. The number of fused-ring (bicyclic) bond motifs is 1. The molecule has 1 aliphatic heterocycles. The molecule has 0 aromatic heterocycles. The van der Waals surface area contributed by atoms with E-state index in [0.717, 1.165) is 37.9 Å². The van der Waals surface area contributed by atoms with Gasteiger partial charge in [-0.15, -0.1) is 24.8 Å². The molecule has 4 aromatic carbocycles. The second-order valence-corrected chi connectivity index (χ2v) is 11.4.